The quantitative estimate of drug-likeness (QED) is 0.465. The molecule has 1 aliphatic heterocycles. The summed E-state index contributed by atoms with van der Waals surface area (Å²) < 4.78 is 16.0. The average molecular weight is 435 g/mol. The molecular weight excluding hydrogens is 411 g/mol. The van der Waals surface area contributed by atoms with Crippen LogP contribution in [0, 0.1) is 19.7 Å². The molecule has 3 heterocycles. The summed E-state index contributed by atoms with van der Waals surface area (Å²) in [5, 5.41) is 5.69. The number of fused-ring (bicyclic) bond motifs is 1. The number of nitrogens with zero attached hydrogens (tertiary/aromatic N) is 4. The van der Waals surface area contributed by atoms with Gasteiger partial charge in [-0.15, -0.1) is 11.3 Å². The van der Waals surface area contributed by atoms with Crippen LogP contribution in [-0.4, -0.2) is 46.8 Å². The molecule has 0 radical (unpaired) electrons. The zero-order valence-corrected chi connectivity index (χ0v) is 18.3. The van der Waals surface area contributed by atoms with Crippen LogP contribution in [-0.2, 0) is 0 Å². The third kappa shape index (κ3) is 3.59. The van der Waals surface area contributed by atoms with Crippen LogP contribution in [0.4, 0.5) is 10.1 Å². The predicted octanol–water partition coefficient (Wildman–Crippen LogP) is 4.81. The number of aromatic nitrogens is 2. The van der Waals surface area contributed by atoms with Crippen LogP contribution < -0.4 is 4.90 Å². The Hall–Kier alpha value is -3.19. The maximum absolute atomic E-state index is 14.1. The molecule has 1 amide bonds. The largest absolute Gasteiger partial charge is 0.366 e. The van der Waals surface area contributed by atoms with Crippen molar-refractivity contribution in [2.45, 2.75) is 13.8 Å². The summed E-state index contributed by atoms with van der Waals surface area (Å²) in [6.07, 6.45) is 0. The second-order valence-electron chi connectivity index (χ2n) is 7.89. The van der Waals surface area contributed by atoms with E-state index in [-0.39, 0.29) is 11.7 Å². The van der Waals surface area contributed by atoms with Gasteiger partial charge in [0.15, 0.2) is 0 Å². The highest BCUT2D eigenvalue weighted by Crippen LogP contribution is 2.31. The van der Waals surface area contributed by atoms with Crippen LogP contribution in [0.3, 0.4) is 0 Å². The molecule has 0 bridgehead atoms. The van der Waals surface area contributed by atoms with Crippen LogP contribution in [0.5, 0.6) is 0 Å². The highest BCUT2D eigenvalue weighted by molar-refractivity contribution is 7.20. The molecule has 4 aromatic rings. The van der Waals surface area contributed by atoms with Gasteiger partial charge in [-0.05, 0) is 44.2 Å². The number of halogens is 1. The average Bonchev–Trinajstić information content (AvgIpc) is 3.35. The fourth-order valence-corrected chi connectivity index (χ4v) is 5.18. The fourth-order valence-electron chi connectivity index (χ4n) is 4.03. The number of thiophene rings is 1. The minimum Gasteiger partial charge on any atom is -0.366 e. The van der Waals surface area contributed by atoms with E-state index in [0.717, 1.165) is 26.5 Å². The lowest BCUT2D eigenvalue weighted by Gasteiger charge is -2.36. The Morgan fingerprint density at radius 1 is 1.00 bits per heavy atom. The molecule has 5 rings (SSSR count). The Balaban J connectivity index is 1.37. The van der Waals surface area contributed by atoms with E-state index in [9.17, 15) is 9.18 Å². The van der Waals surface area contributed by atoms with Crippen molar-refractivity contribution in [3.8, 4) is 5.69 Å². The molecule has 31 heavy (non-hydrogen) atoms. The number of carbonyl (C=O) groups excluding carboxylic acids is 1. The molecule has 2 aromatic heterocycles. The van der Waals surface area contributed by atoms with E-state index in [1.54, 1.807) is 12.1 Å². The Bertz CT molecular complexity index is 1250. The van der Waals surface area contributed by atoms with Crippen molar-refractivity contribution in [1.82, 2.24) is 14.7 Å². The Labute approximate surface area is 184 Å². The van der Waals surface area contributed by atoms with Gasteiger partial charge in [-0.2, -0.15) is 5.10 Å². The summed E-state index contributed by atoms with van der Waals surface area (Å²) in [4.78, 5) is 18.8. The molecule has 0 saturated carbocycles. The third-order valence-electron chi connectivity index (χ3n) is 5.79. The maximum atomic E-state index is 14.1. The van der Waals surface area contributed by atoms with Crippen LogP contribution in [0.1, 0.15) is 20.9 Å². The third-order valence-corrected chi connectivity index (χ3v) is 6.89. The Kier molecular flexibility index (Phi) is 4.98. The fraction of sp³-hybridized carbons (Fsp3) is 0.250. The molecule has 5 nitrogen and oxygen atoms in total. The summed E-state index contributed by atoms with van der Waals surface area (Å²) >= 11 is 1.48. The number of para-hydroxylation sites is 1. The molecule has 2 aromatic carbocycles. The number of rotatable bonds is 3. The van der Waals surface area contributed by atoms with Gasteiger partial charge >= 0.3 is 0 Å². The van der Waals surface area contributed by atoms with E-state index in [4.69, 9.17) is 0 Å². The van der Waals surface area contributed by atoms with Crippen LogP contribution >= 0.6 is 11.3 Å². The minimum absolute atomic E-state index is 0.0317. The molecule has 0 N–H and O–H groups in total. The smallest absolute Gasteiger partial charge is 0.264 e. The van der Waals surface area contributed by atoms with Gasteiger partial charge in [0, 0.05) is 31.6 Å². The first-order valence-corrected chi connectivity index (χ1v) is 11.2. The number of anilines is 1. The lowest BCUT2D eigenvalue weighted by atomic mass is 10.2. The van der Waals surface area contributed by atoms with Crippen LogP contribution in [0.2, 0.25) is 0 Å². The van der Waals surface area contributed by atoms with Crippen molar-refractivity contribution in [2.24, 2.45) is 0 Å². The van der Waals surface area contributed by atoms with Crippen molar-refractivity contribution in [3.63, 3.8) is 0 Å². The lowest BCUT2D eigenvalue weighted by Crippen LogP contribution is -2.48. The summed E-state index contributed by atoms with van der Waals surface area (Å²) in [7, 11) is 0. The van der Waals surface area contributed by atoms with Gasteiger partial charge in [0.05, 0.1) is 21.9 Å². The van der Waals surface area contributed by atoms with Crippen molar-refractivity contribution in [3.05, 3.63) is 76.5 Å². The molecule has 1 fully saturated rings. The highest BCUT2D eigenvalue weighted by atomic mass is 32.1. The molecule has 158 valence electrons. The van der Waals surface area contributed by atoms with Gasteiger partial charge in [0.1, 0.15) is 10.6 Å². The second-order valence-corrected chi connectivity index (χ2v) is 8.92. The molecule has 0 unspecified atom stereocenters. The van der Waals surface area contributed by atoms with Gasteiger partial charge < -0.3 is 9.80 Å². The minimum atomic E-state index is -0.220. The highest BCUT2D eigenvalue weighted by Gasteiger charge is 2.26. The van der Waals surface area contributed by atoms with Crippen molar-refractivity contribution >= 4 is 33.1 Å². The summed E-state index contributed by atoms with van der Waals surface area (Å²) in [5.41, 5.74) is 3.70. The molecule has 0 atom stereocenters. The first-order valence-electron chi connectivity index (χ1n) is 10.4. The molecule has 1 saturated heterocycles. The van der Waals surface area contributed by atoms with Crippen LogP contribution in [0.15, 0.2) is 54.6 Å². The number of hydrogen-bond donors (Lipinski definition) is 0. The van der Waals surface area contributed by atoms with Gasteiger partial charge in [-0.3, -0.25) is 4.79 Å². The number of carbonyl (C=O) groups is 1. The van der Waals surface area contributed by atoms with E-state index >= 15 is 0 Å². The van der Waals surface area contributed by atoms with Crippen LogP contribution in [0.25, 0.3) is 15.9 Å². The maximum Gasteiger partial charge on any atom is 0.264 e. The number of benzene rings is 2. The van der Waals surface area contributed by atoms with Crippen molar-refractivity contribution in [2.75, 3.05) is 31.1 Å². The molecule has 7 heteroatoms. The van der Waals surface area contributed by atoms with Crippen molar-refractivity contribution < 1.29 is 9.18 Å². The summed E-state index contributed by atoms with van der Waals surface area (Å²) in [6, 6.07) is 17.0. The lowest BCUT2D eigenvalue weighted by molar-refractivity contribution is 0.0751. The SMILES string of the molecule is Cc1ccc(-n2nc(C)c3cc(C(=O)N4CCN(c5ccccc5F)CC4)sc32)cc1. The Morgan fingerprint density at radius 2 is 1.71 bits per heavy atom. The van der Waals surface area contributed by atoms with Gasteiger partial charge in [0.2, 0.25) is 0 Å². The predicted molar refractivity (Wildman–Crippen MR) is 123 cm³/mol. The number of hydrogen-bond acceptors (Lipinski definition) is 4. The Morgan fingerprint density at radius 3 is 2.42 bits per heavy atom. The topological polar surface area (TPSA) is 41.4 Å². The summed E-state index contributed by atoms with van der Waals surface area (Å²) in [5.74, 6) is -0.188. The molecule has 0 spiro atoms. The zero-order valence-electron chi connectivity index (χ0n) is 17.5. The zero-order chi connectivity index (χ0) is 21.5. The number of amides is 1. The first kappa shape index (κ1) is 19.8. The standard InChI is InChI=1S/C24H23FN4OS/c1-16-7-9-18(10-8-16)29-24-19(17(2)26-29)15-22(31-24)23(30)28-13-11-27(12-14-28)21-6-4-3-5-20(21)25/h3-10,15H,11-14H2,1-2H3. The van der Waals surface area contributed by atoms with Gasteiger partial charge in [-0.1, -0.05) is 29.8 Å². The van der Waals surface area contributed by atoms with E-state index < -0.39 is 0 Å². The van der Waals surface area contributed by atoms with E-state index in [1.807, 2.05) is 45.7 Å². The van der Waals surface area contributed by atoms with Gasteiger partial charge in [-0.25, -0.2) is 9.07 Å². The van der Waals surface area contributed by atoms with E-state index in [0.29, 0.717) is 31.9 Å². The van der Waals surface area contributed by atoms with Crippen molar-refractivity contribution in [1.29, 1.82) is 0 Å². The molecular formula is C24H23FN4OS. The second kappa shape index (κ2) is 7.81. The monoisotopic (exact) mass is 434 g/mol. The molecule has 0 aliphatic carbocycles. The summed E-state index contributed by atoms with van der Waals surface area (Å²) in [6.45, 7) is 6.42. The normalized spacial score (nSPS) is 14.4. The first-order chi connectivity index (χ1) is 15.0. The van der Waals surface area contributed by atoms with E-state index in [2.05, 4.69) is 24.2 Å². The van der Waals surface area contributed by atoms with E-state index in [1.165, 1.54) is 23.0 Å². The number of piperazine rings is 1. The number of aryl methyl sites for hydroxylation is 2. The molecule has 1 aliphatic rings. The van der Waals surface area contributed by atoms with Gasteiger partial charge in [0.25, 0.3) is 5.91 Å².